The number of benzene rings is 4. The summed E-state index contributed by atoms with van der Waals surface area (Å²) in [4.78, 5) is 57.2. The average molecular weight is 709 g/mol. The highest BCUT2D eigenvalue weighted by atomic mass is 16.4. The van der Waals surface area contributed by atoms with Gasteiger partial charge in [-0.3, -0.25) is 19.6 Å². The van der Waals surface area contributed by atoms with E-state index in [0.29, 0.717) is 101 Å². The quantitative estimate of drug-likeness (QED) is 0.159. The third-order valence-electron chi connectivity index (χ3n) is 9.50. The first-order valence-electron chi connectivity index (χ1n) is 17.2. The van der Waals surface area contributed by atoms with Crippen LogP contribution in [0.4, 0.5) is 0 Å². The second kappa shape index (κ2) is 18.2. The SMILES string of the molecule is O=C(O)c1ccccc1CN1CCN(Cc2ccccc2C(=O)O)CCN(Cc2ccccc2C(=O)O)CCN(Cc2ccccc2C(=O)O)CC1. The van der Waals surface area contributed by atoms with Crippen molar-refractivity contribution in [1.29, 1.82) is 0 Å². The molecule has 12 heteroatoms. The first-order chi connectivity index (χ1) is 25.1. The zero-order valence-electron chi connectivity index (χ0n) is 28.9. The zero-order valence-corrected chi connectivity index (χ0v) is 28.9. The van der Waals surface area contributed by atoms with Gasteiger partial charge in [-0.15, -0.1) is 0 Å². The van der Waals surface area contributed by atoms with Crippen LogP contribution in [0.1, 0.15) is 63.7 Å². The summed E-state index contributed by atoms with van der Waals surface area (Å²) in [5, 5.41) is 39.6. The maximum atomic E-state index is 12.1. The second-order valence-electron chi connectivity index (χ2n) is 13.0. The molecule has 0 bridgehead atoms. The highest BCUT2D eigenvalue weighted by Crippen LogP contribution is 2.18. The number of carboxylic acids is 4. The van der Waals surface area contributed by atoms with E-state index in [9.17, 15) is 39.6 Å². The number of carboxylic acid groups (broad SMARTS) is 4. The number of hydrogen-bond acceptors (Lipinski definition) is 8. The Hall–Kier alpha value is -5.40. The molecule has 4 aromatic rings. The summed E-state index contributed by atoms with van der Waals surface area (Å²) >= 11 is 0. The van der Waals surface area contributed by atoms with E-state index in [1.807, 2.05) is 48.5 Å². The maximum absolute atomic E-state index is 12.1. The summed E-state index contributed by atoms with van der Waals surface area (Å²) < 4.78 is 0. The monoisotopic (exact) mass is 708 g/mol. The summed E-state index contributed by atoms with van der Waals surface area (Å²) in [6.07, 6.45) is 0. The fourth-order valence-electron chi connectivity index (χ4n) is 6.64. The first kappa shape index (κ1) is 37.8. The number of rotatable bonds is 12. The van der Waals surface area contributed by atoms with Crippen molar-refractivity contribution in [2.75, 3.05) is 52.4 Å². The standard InChI is InChI=1S/C40H44N4O8/c45-37(46)33-13-5-1-9-29(33)25-41-17-19-42(26-30-10-2-6-14-34(30)38(47)48)21-23-44(28-32-12-4-8-16-36(32)40(51)52)24-22-43(20-18-41)27-31-11-3-7-15-35(31)39(49)50/h1-16H,17-28H2,(H,45,46)(H,47,48)(H,49,50)(H,51,52). The summed E-state index contributed by atoms with van der Waals surface area (Å²) in [7, 11) is 0. The van der Waals surface area contributed by atoms with Gasteiger partial charge in [-0.05, 0) is 46.5 Å². The van der Waals surface area contributed by atoms with E-state index >= 15 is 0 Å². The molecular weight excluding hydrogens is 664 g/mol. The van der Waals surface area contributed by atoms with Crippen LogP contribution in [0.25, 0.3) is 0 Å². The fraction of sp³-hybridized carbons (Fsp3) is 0.300. The number of hydrogen-bond donors (Lipinski definition) is 4. The van der Waals surface area contributed by atoms with Gasteiger partial charge in [0.05, 0.1) is 22.3 Å². The van der Waals surface area contributed by atoms with Crippen LogP contribution in [0.2, 0.25) is 0 Å². The Morgan fingerprint density at radius 3 is 0.692 bits per heavy atom. The van der Waals surface area contributed by atoms with Gasteiger partial charge in [0, 0.05) is 78.5 Å². The number of carbonyl (C=O) groups is 4. The molecule has 0 atom stereocenters. The van der Waals surface area contributed by atoms with Crippen LogP contribution in [-0.2, 0) is 26.2 Å². The van der Waals surface area contributed by atoms with Gasteiger partial charge in [-0.25, -0.2) is 19.2 Å². The molecule has 1 heterocycles. The zero-order chi connectivity index (χ0) is 37.0. The lowest BCUT2D eigenvalue weighted by Gasteiger charge is -2.35. The molecule has 1 fully saturated rings. The average Bonchev–Trinajstić information content (AvgIpc) is 3.13. The molecule has 1 aliphatic rings. The summed E-state index contributed by atoms with van der Waals surface area (Å²) in [6.45, 7) is 5.87. The van der Waals surface area contributed by atoms with E-state index in [1.165, 1.54) is 0 Å². The Morgan fingerprint density at radius 2 is 0.519 bits per heavy atom. The molecule has 0 unspecified atom stereocenters. The van der Waals surface area contributed by atoms with Gasteiger partial charge in [0.15, 0.2) is 0 Å². The lowest BCUT2D eigenvalue weighted by molar-refractivity contribution is 0.0679. The Labute approximate surface area is 302 Å². The molecule has 0 spiro atoms. The molecule has 0 radical (unpaired) electrons. The van der Waals surface area contributed by atoms with E-state index in [0.717, 1.165) is 0 Å². The van der Waals surface area contributed by atoms with Gasteiger partial charge in [-0.1, -0.05) is 72.8 Å². The molecule has 52 heavy (non-hydrogen) atoms. The molecule has 0 amide bonds. The van der Waals surface area contributed by atoms with E-state index in [-0.39, 0.29) is 22.3 Å². The largest absolute Gasteiger partial charge is 0.478 e. The van der Waals surface area contributed by atoms with Gasteiger partial charge in [0.1, 0.15) is 0 Å². The molecule has 12 nitrogen and oxygen atoms in total. The van der Waals surface area contributed by atoms with Crippen LogP contribution in [-0.4, -0.2) is 116 Å². The van der Waals surface area contributed by atoms with Crippen molar-refractivity contribution in [3.05, 3.63) is 142 Å². The van der Waals surface area contributed by atoms with Gasteiger partial charge in [-0.2, -0.15) is 0 Å². The van der Waals surface area contributed by atoms with Gasteiger partial charge < -0.3 is 20.4 Å². The molecule has 1 saturated heterocycles. The van der Waals surface area contributed by atoms with Crippen molar-refractivity contribution in [3.8, 4) is 0 Å². The third-order valence-corrected chi connectivity index (χ3v) is 9.50. The van der Waals surface area contributed by atoms with Crippen LogP contribution >= 0.6 is 0 Å². The van der Waals surface area contributed by atoms with Gasteiger partial charge in [0.2, 0.25) is 0 Å². The Kier molecular flexibility index (Phi) is 13.2. The molecule has 1 aliphatic heterocycles. The minimum Gasteiger partial charge on any atom is -0.478 e. The lowest BCUT2D eigenvalue weighted by atomic mass is 10.1. The molecule has 0 aliphatic carbocycles. The van der Waals surface area contributed by atoms with E-state index in [1.54, 1.807) is 48.5 Å². The molecular formula is C40H44N4O8. The maximum Gasteiger partial charge on any atom is 0.336 e. The normalized spacial score (nSPS) is 15.7. The van der Waals surface area contributed by atoms with Crippen molar-refractivity contribution < 1.29 is 39.6 Å². The highest BCUT2D eigenvalue weighted by Gasteiger charge is 2.22. The molecule has 5 rings (SSSR count). The van der Waals surface area contributed by atoms with Crippen molar-refractivity contribution >= 4 is 23.9 Å². The Bertz CT molecular complexity index is 1600. The van der Waals surface area contributed by atoms with Gasteiger partial charge >= 0.3 is 23.9 Å². The minimum atomic E-state index is -1.01. The smallest absolute Gasteiger partial charge is 0.336 e. The van der Waals surface area contributed by atoms with Crippen LogP contribution in [0.15, 0.2) is 97.1 Å². The van der Waals surface area contributed by atoms with Crippen LogP contribution < -0.4 is 0 Å². The summed E-state index contributed by atoms with van der Waals surface area (Å²) in [5.41, 5.74) is 3.62. The van der Waals surface area contributed by atoms with Crippen LogP contribution in [0, 0.1) is 0 Å². The molecule has 4 aromatic carbocycles. The van der Waals surface area contributed by atoms with Crippen molar-refractivity contribution in [2.24, 2.45) is 0 Å². The second-order valence-corrected chi connectivity index (χ2v) is 13.0. The first-order valence-corrected chi connectivity index (χ1v) is 17.2. The molecule has 0 aromatic heterocycles. The van der Waals surface area contributed by atoms with Crippen molar-refractivity contribution in [3.63, 3.8) is 0 Å². The van der Waals surface area contributed by atoms with E-state index < -0.39 is 23.9 Å². The molecule has 4 N–H and O–H groups in total. The predicted molar refractivity (Wildman–Crippen MR) is 195 cm³/mol. The van der Waals surface area contributed by atoms with E-state index in [2.05, 4.69) is 19.6 Å². The molecule has 0 saturated carbocycles. The third kappa shape index (κ3) is 10.3. The fourth-order valence-corrected chi connectivity index (χ4v) is 6.64. The summed E-state index contributed by atoms with van der Waals surface area (Å²) in [6, 6.07) is 27.7. The van der Waals surface area contributed by atoms with Crippen molar-refractivity contribution in [2.45, 2.75) is 26.2 Å². The molecule has 272 valence electrons. The van der Waals surface area contributed by atoms with E-state index in [4.69, 9.17) is 0 Å². The number of nitrogens with zero attached hydrogens (tertiary/aromatic N) is 4. The number of aromatic carboxylic acids is 4. The predicted octanol–water partition coefficient (Wildman–Crippen LogP) is 4.80. The summed E-state index contributed by atoms with van der Waals surface area (Å²) in [5.74, 6) is -4.02. The van der Waals surface area contributed by atoms with Crippen LogP contribution in [0.3, 0.4) is 0 Å². The van der Waals surface area contributed by atoms with Gasteiger partial charge in [0.25, 0.3) is 0 Å². The minimum absolute atomic E-state index is 0.227. The Morgan fingerprint density at radius 1 is 0.346 bits per heavy atom. The topological polar surface area (TPSA) is 162 Å². The Balaban J connectivity index is 1.47. The highest BCUT2D eigenvalue weighted by molar-refractivity contribution is 5.90. The van der Waals surface area contributed by atoms with Crippen LogP contribution in [0.5, 0.6) is 0 Å². The lowest BCUT2D eigenvalue weighted by Crippen LogP contribution is -2.45. The van der Waals surface area contributed by atoms with Crippen molar-refractivity contribution in [1.82, 2.24) is 19.6 Å².